The summed E-state index contributed by atoms with van der Waals surface area (Å²) in [4.78, 5) is 12.9. The van der Waals surface area contributed by atoms with E-state index in [2.05, 4.69) is 45.9 Å². The highest BCUT2D eigenvalue weighted by Gasteiger charge is 2.22. The minimum atomic E-state index is 0.186. The van der Waals surface area contributed by atoms with Gasteiger partial charge >= 0.3 is 0 Å². The van der Waals surface area contributed by atoms with E-state index in [0.717, 1.165) is 19.3 Å². The molecule has 1 atom stereocenters. The predicted molar refractivity (Wildman–Crippen MR) is 83.0 cm³/mol. The van der Waals surface area contributed by atoms with Crippen molar-refractivity contribution in [2.45, 2.75) is 68.9 Å². The van der Waals surface area contributed by atoms with Crippen LogP contribution in [0.4, 0.5) is 0 Å². The normalized spacial score (nSPS) is 20.6. The standard InChI is InChI=1S/C17H24OS/c1-12-8-9-13(17(2,3)4)10-16(12)19-15-7-5-6-14(18)11-15/h8-10,15H,5-7,11H2,1-4H3/t15-/m1/s1. The van der Waals surface area contributed by atoms with Crippen molar-refractivity contribution in [3.8, 4) is 0 Å². The molecule has 0 aromatic heterocycles. The summed E-state index contributed by atoms with van der Waals surface area (Å²) in [7, 11) is 0. The maximum Gasteiger partial charge on any atom is 0.134 e. The third-order valence-corrected chi connectivity index (χ3v) is 5.21. The Morgan fingerprint density at radius 1 is 1.26 bits per heavy atom. The molecule has 1 aliphatic carbocycles. The Bertz CT molecular complexity index is 471. The number of carbonyl (C=O) groups excluding carboxylic acids is 1. The first-order valence-electron chi connectivity index (χ1n) is 7.16. The highest BCUT2D eigenvalue weighted by molar-refractivity contribution is 8.00. The molecule has 2 rings (SSSR count). The van der Waals surface area contributed by atoms with Gasteiger partial charge in [-0.2, -0.15) is 0 Å². The number of rotatable bonds is 2. The molecule has 0 saturated heterocycles. The van der Waals surface area contributed by atoms with Gasteiger partial charge in [0, 0.05) is 23.0 Å². The first-order chi connectivity index (χ1) is 8.86. The first-order valence-corrected chi connectivity index (χ1v) is 8.04. The van der Waals surface area contributed by atoms with E-state index in [1.807, 2.05) is 11.8 Å². The summed E-state index contributed by atoms with van der Waals surface area (Å²) in [5.41, 5.74) is 2.89. The third-order valence-electron chi connectivity index (χ3n) is 3.78. The molecule has 1 fully saturated rings. The van der Waals surface area contributed by atoms with Gasteiger partial charge in [0.05, 0.1) is 0 Å². The number of ketones is 1. The summed E-state index contributed by atoms with van der Waals surface area (Å²) < 4.78 is 0. The number of hydrogen-bond acceptors (Lipinski definition) is 2. The molecule has 1 aromatic carbocycles. The molecule has 0 unspecified atom stereocenters. The van der Waals surface area contributed by atoms with E-state index in [1.165, 1.54) is 22.4 Å². The molecular formula is C17H24OS. The molecule has 104 valence electrons. The van der Waals surface area contributed by atoms with Crippen LogP contribution in [0.25, 0.3) is 0 Å². The molecule has 0 amide bonds. The predicted octanol–water partition coefficient (Wildman–Crippen LogP) is 4.90. The highest BCUT2D eigenvalue weighted by atomic mass is 32.2. The molecule has 1 nitrogen and oxygen atoms in total. The van der Waals surface area contributed by atoms with E-state index in [4.69, 9.17) is 0 Å². The average Bonchev–Trinajstić information content (AvgIpc) is 2.30. The van der Waals surface area contributed by atoms with Crippen LogP contribution in [-0.4, -0.2) is 11.0 Å². The summed E-state index contributed by atoms with van der Waals surface area (Å²) in [6.07, 6.45) is 3.78. The van der Waals surface area contributed by atoms with E-state index in [1.54, 1.807) is 0 Å². The maximum atomic E-state index is 11.6. The van der Waals surface area contributed by atoms with E-state index in [-0.39, 0.29) is 5.41 Å². The van der Waals surface area contributed by atoms with Gasteiger partial charge in [0.1, 0.15) is 5.78 Å². The molecule has 1 aromatic rings. The van der Waals surface area contributed by atoms with Crippen LogP contribution in [-0.2, 0) is 10.2 Å². The van der Waals surface area contributed by atoms with Gasteiger partial charge in [0.15, 0.2) is 0 Å². The van der Waals surface area contributed by atoms with E-state index in [0.29, 0.717) is 11.0 Å². The molecular weight excluding hydrogens is 252 g/mol. The number of thioether (sulfide) groups is 1. The Morgan fingerprint density at radius 2 is 2.00 bits per heavy atom. The monoisotopic (exact) mass is 276 g/mol. The lowest BCUT2D eigenvalue weighted by molar-refractivity contribution is -0.120. The van der Waals surface area contributed by atoms with Crippen molar-refractivity contribution in [2.24, 2.45) is 0 Å². The molecule has 1 saturated carbocycles. The van der Waals surface area contributed by atoms with Gasteiger partial charge in [-0.3, -0.25) is 4.79 Å². The Hall–Kier alpha value is -0.760. The van der Waals surface area contributed by atoms with Crippen molar-refractivity contribution in [3.63, 3.8) is 0 Å². The van der Waals surface area contributed by atoms with Gasteiger partial charge in [-0.1, -0.05) is 32.9 Å². The largest absolute Gasteiger partial charge is 0.300 e. The fourth-order valence-corrected chi connectivity index (χ4v) is 3.82. The molecule has 0 heterocycles. The van der Waals surface area contributed by atoms with Crippen molar-refractivity contribution in [1.82, 2.24) is 0 Å². The zero-order chi connectivity index (χ0) is 14.0. The van der Waals surface area contributed by atoms with Crippen LogP contribution in [0.1, 0.15) is 57.6 Å². The lowest BCUT2D eigenvalue weighted by Crippen LogP contribution is -2.17. The van der Waals surface area contributed by atoms with E-state index >= 15 is 0 Å². The van der Waals surface area contributed by atoms with Crippen LogP contribution >= 0.6 is 11.8 Å². The molecule has 19 heavy (non-hydrogen) atoms. The Labute approximate surface area is 121 Å². The third kappa shape index (κ3) is 3.85. The van der Waals surface area contributed by atoms with Crippen LogP contribution in [0.15, 0.2) is 23.1 Å². The number of benzene rings is 1. The van der Waals surface area contributed by atoms with Gasteiger partial charge in [-0.05, 0) is 42.4 Å². The molecule has 2 heteroatoms. The first kappa shape index (κ1) is 14.6. The van der Waals surface area contributed by atoms with Crippen molar-refractivity contribution in [3.05, 3.63) is 29.3 Å². The second kappa shape index (κ2) is 5.70. The summed E-state index contributed by atoms with van der Waals surface area (Å²) in [5, 5.41) is 0.482. The average molecular weight is 276 g/mol. The molecule has 0 aliphatic heterocycles. The van der Waals surface area contributed by atoms with Crippen molar-refractivity contribution >= 4 is 17.5 Å². The Balaban J connectivity index is 2.17. The Morgan fingerprint density at radius 3 is 2.63 bits per heavy atom. The second-order valence-electron chi connectivity index (χ2n) is 6.61. The minimum absolute atomic E-state index is 0.186. The lowest BCUT2D eigenvalue weighted by Gasteiger charge is -2.24. The minimum Gasteiger partial charge on any atom is -0.300 e. The van der Waals surface area contributed by atoms with Gasteiger partial charge in [0.2, 0.25) is 0 Å². The molecule has 0 N–H and O–H groups in total. The van der Waals surface area contributed by atoms with E-state index in [9.17, 15) is 4.79 Å². The SMILES string of the molecule is Cc1ccc(C(C)(C)C)cc1S[C@@H]1CCCC(=O)C1. The van der Waals surface area contributed by atoms with Crippen molar-refractivity contribution < 1.29 is 4.79 Å². The van der Waals surface area contributed by atoms with Gasteiger partial charge in [-0.15, -0.1) is 11.8 Å². The van der Waals surface area contributed by atoms with Gasteiger partial charge < -0.3 is 0 Å². The number of aryl methyl sites for hydroxylation is 1. The summed E-state index contributed by atoms with van der Waals surface area (Å²) in [6.45, 7) is 8.90. The van der Waals surface area contributed by atoms with E-state index < -0.39 is 0 Å². The zero-order valence-electron chi connectivity index (χ0n) is 12.5. The lowest BCUT2D eigenvalue weighted by atomic mass is 9.87. The quantitative estimate of drug-likeness (QED) is 0.764. The summed E-state index contributed by atoms with van der Waals surface area (Å²) >= 11 is 1.90. The van der Waals surface area contributed by atoms with Gasteiger partial charge in [0.25, 0.3) is 0 Å². The number of Topliss-reactive ketones (excluding diaryl/α,β-unsaturated/α-hetero) is 1. The molecule has 0 bridgehead atoms. The topological polar surface area (TPSA) is 17.1 Å². The highest BCUT2D eigenvalue weighted by Crippen LogP contribution is 2.36. The Kier molecular flexibility index (Phi) is 4.39. The smallest absolute Gasteiger partial charge is 0.134 e. The van der Waals surface area contributed by atoms with Crippen LogP contribution in [0.2, 0.25) is 0 Å². The zero-order valence-corrected chi connectivity index (χ0v) is 13.3. The molecule has 0 spiro atoms. The molecule has 1 aliphatic rings. The molecule has 0 radical (unpaired) electrons. The summed E-state index contributed by atoms with van der Waals surface area (Å²) in [5.74, 6) is 0.438. The fraction of sp³-hybridized carbons (Fsp3) is 0.588. The second-order valence-corrected chi connectivity index (χ2v) is 7.95. The van der Waals surface area contributed by atoms with Gasteiger partial charge in [-0.25, -0.2) is 0 Å². The van der Waals surface area contributed by atoms with Crippen LogP contribution in [0.3, 0.4) is 0 Å². The fourth-order valence-electron chi connectivity index (χ4n) is 2.46. The van der Waals surface area contributed by atoms with Crippen molar-refractivity contribution in [2.75, 3.05) is 0 Å². The van der Waals surface area contributed by atoms with Crippen LogP contribution in [0.5, 0.6) is 0 Å². The van der Waals surface area contributed by atoms with Crippen molar-refractivity contribution in [1.29, 1.82) is 0 Å². The van der Waals surface area contributed by atoms with Crippen LogP contribution < -0.4 is 0 Å². The number of carbonyl (C=O) groups is 1. The van der Waals surface area contributed by atoms with Crippen LogP contribution in [0, 0.1) is 6.92 Å². The number of hydrogen-bond donors (Lipinski definition) is 0. The summed E-state index contributed by atoms with van der Waals surface area (Å²) in [6, 6.07) is 6.76. The maximum absolute atomic E-state index is 11.6.